The fourth-order valence-corrected chi connectivity index (χ4v) is 2.45. The summed E-state index contributed by atoms with van der Waals surface area (Å²) in [6.45, 7) is 2.72. The Hall–Kier alpha value is -1.93. The van der Waals surface area contributed by atoms with E-state index in [1.165, 1.54) is 11.3 Å². The number of anilines is 2. The lowest BCUT2D eigenvalue weighted by atomic mass is 10.3. The SMILES string of the molecule is COCCNC(=O)C(C)Nc1nc(N)nc2sccc12. The molecule has 0 spiro atoms. The minimum atomic E-state index is -0.427. The number of ether oxygens (including phenoxy) is 1. The maximum absolute atomic E-state index is 11.9. The highest BCUT2D eigenvalue weighted by Crippen LogP contribution is 2.25. The van der Waals surface area contributed by atoms with Crippen molar-refractivity contribution < 1.29 is 9.53 Å². The number of carbonyl (C=O) groups is 1. The van der Waals surface area contributed by atoms with Crippen LogP contribution in [0.3, 0.4) is 0 Å². The van der Waals surface area contributed by atoms with Gasteiger partial charge in [0.15, 0.2) is 0 Å². The van der Waals surface area contributed by atoms with E-state index in [0.717, 1.165) is 10.2 Å². The molecule has 108 valence electrons. The molecule has 4 N–H and O–H groups in total. The summed E-state index contributed by atoms with van der Waals surface area (Å²) in [6.07, 6.45) is 0. The van der Waals surface area contributed by atoms with Gasteiger partial charge in [-0.25, -0.2) is 4.98 Å². The van der Waals surface area contributed by atoms with Crippen molar-refractivity contribution in [3.8, 4) is 0 Å². The van der Waals surface area contributed by atoms with E-state index in [0.29, 0.717) is 19.0 Å². The lowest BCUT2D eigenvalue weighted by molar-refractivity contribution is -0.121. The second-order valence-electron chi connectivity index (χ2n) is 4.22. The van der Waals surface area contributed by atoms with Crippen molar-refractivity contribution in [2.45, 2.75) is 13.0 Å². The fourth-order valence-electron chi connectivity index (χ4n) is 1.68. The zero-order valence-corrected chi connectivity index (χ0v) is 12.2. The summed E-state index contributed by atoms with van der Waals surface area (Å²) in [7, 11) is 1.59. The summed E-state index contributed by atoms with van der Waals surface area (Å²) in [5.41, 5.74) is 5.66. The van der Waals surface area contributed by atoms with E-state index in [1.807, 2.05) is 11.4 Å². The molecule has 8 heteroatoms. The van der Waals surface area contributed by atoms with Crippen molar-refractivity contribution in [3.05, 3.63) is 11.4 Å². The molecule has 2 aromatic heterocycles. The molecule has 0 bridgehead atoms. The Morgan fingerprint density at radius 1 is 1.55 bits per heavy atom. The minimum absolute atomic E-state index is 0.123. The highest BCUT2D eigenvalue weighted by molar-refractivity contribution is 7.16. The van der Waals surface area contributed by atoms with Crippen LogP contribution in [-0.4, -0.2) is 42.2 Å². The monoisotopic (exact) mass is 295 g/mol. The number of methoxy groups -OCH3 is 1. The summed E-state index contributed by atoms with van der Waals surface area (Å²) in [5, 5.41) is 8.59. The molecule has 0 fully saturated rings. The van der Waals surface area contributed by atoms with Gasteiger partial charge in [0.1, 0.15) is 16.7 Å². The van der Waals surface area contributed by atoms with Crippen molar-refractivity contribution in [1.82, 2.24) is 15.3 Å². The highest BCUT2D eigenvalue weighted by atomic mass is 32.1. The van der Waals surface area contributed by atoms with Gasteiger partial charge in [-0.1, -0.05) is 0 Å². The van der Waals surface area contributed by atoms with Crippen LogP contribution in [0.2, 0.25) is 0 Å². The van der Waals surface area contributed by atoms with E-state index in [-0.39, 0.29) is 11.9 Å². The number of fused-ring (bicyclic) bond motifs is 1. The molecule has 2 heterocycles. The van der Waals surface area contributed by atoms with E-state index in [4.69, 9.17) is 10.5 Å². The molecular formula is C12H17N5O2S. The average molecular weight is 295 g/mol. The van der Waals surface area contributed by atoms with Crippen LogP contribution in [0.15, 0.2) is 11.4 Å². The third-order valence-corrected chi connectivity index (χ3v) is 3.50. The van der Waals surface area contributed by atoms with Gasteiger partial charge in [0.05, 0.1) is 12.0 Å². The Balaban J connectivity index is 2.07. The largest absolute Gasteiger partial charge is 0.383 e. The highest BCUT2D eigenvalue weighted by Gasteiger charge is 2.15. The maximum Gasteiger partial charge on any atom is 0.242 e. The number of hydrogen-bond acceptors (Lipinski definition) is 7. The van der Waals surface area contributed by atoms with Crippen LogP contribution < -0.4 is 16.4 Å². The molecule has 0 aliphatic carbocycles. The molecule has 0 saturated heterocycles. The second kappa shape index (κ2) is 6.49. The van der Waals surface area contributed by atoms with Crippen molar-refractivity contribution in [2.24, 2.45) is 0 Å². The van der Waals surface area contributed by atoms with Crippen LogP contribution >= 0.6 is 11.3 Å². The van der Waals surface area contributed by atoms with Crippen molar-refractivity contribution in [3.63, 3.8) is 0 Å². The first-order chi connectivity index (χ1) is 9.61. The molecule has 20 heavy (non-hydrogen) atoms. The first-order valence-electron chi connectivity index (χ1n) is 6.15. The molecule has 2 aromatic rings. The van der Waals surface area contributed by atoms with E-state index in [1.54, 1.807) is 14.0 Å². The van der Waals surface area contributed by atoms with Crippen LogP contribution in [0.4, 0.5) is 11.8 Å². The van der Waals surface area contributed by atoms with E-state index in [2.05, 4.69) is 20.6 Å². The van der Waals surface area contributed by atoms with Crippen LogP contribution in [0.1, 0.15) is 6.92 Å². The van der Waals surface area contributed by atoms with Crippen LogP contribution in [0.5, 0.6) is 0 Å². The Bertz CT molecular complexity index is 601. The van der Waals surface area contributed by atoms with Gasteiger partial charge >= 0.3 is 0 Å². The molecule has 7 nitrogen and oxygen atoms in total. The summed E-state index contributed by atoms with van der Waals surface area (Å²) in [5.74, 6) is 0.639. The maximum atomic E-state index is 11.9. The number of amides is 1. The molecule has 1 unspecified atom stereocenters. The zero-order valence-electron chi connectivity index (χ0n) is 11.3. The van der Waals surface area contributed by atoms with E-state index in [9.17, 15) is 4.79 Å². The molecule has 1 amide bonds. The van der Waals surface area contributed by atoms with Crippen LogP contribution in [-0.2, 0) is 9.53 Å². The number of nitrogens with two attached hydrogens (primary N) is 1. The van der Waals surface area contributed by atoms with Crippen LogP contribution in [0.25, 0.3) is 10.2 Å². The predicted octanol–water partition coefficient (Wildman–Crippen LogP) is 0.836. The molecule has 0 aliphatic heterocycles. The van der Waals surface area contributed by atoms with Gasteiger partial charge < -0.3 is 21.1 Å². The molecular weight excluding hydrogens is 278 g/mol. The lowest BCUT2D eigenvalue weighted by Crippen LogP contribution is -2.39. The summed E-state index contributed by atoms with van der Waals surface area (Å²) < 4.78 is 4.88. The van der Waals surface area contributed by atoms with Crippen molar-refractivity contribution in [2.75, 3.05) is 31.3 Å². The number of rotatable bonds is 6. The summed E-state index contributed by atoms with van der Waals surface area (Å²) >= 11 is 1.48. The Morgan fingerprint density at radius 3 is 3.10 bits per heavy atom. The van der Waals surface area contributed by atoms with E-state index < -0.39 is 6.04 Å². The van der Waals surface area contributed by atoms with Gasteiger partial charge in [0.2, 0.25) is 11.9 Å². The smallest absolute Gasteiger partial charge is 0.242 e. The summed E-state index contributed by atoms with van der Waals surface area (Å²) in [4.78, 5) is 21.0. The number of aromatic nitrogens is 2. The number of nitrogens with one attached hydrogen (secondary N) is 2. The fraction of sp³-hybridized carbons (Fsp3) is 0.417. The Morgan fingerprint density at radius 2 is 2.35 bits per heavy atom. The molecule has 2 rings (SSSR count). The van der Waals surface area contributed by atoms with Gasteiger partial charge in [0.25, 0.3) is 0 Å². The van der Waals surface area contributed by atoms with Crippen LogP contribution in [0, 0.1) is 0 Å². The van der Waals surface area contributed by atoms with Gasteiger partial charge in [0, 0.05) is 13.7 Å². The second-order valence-corrected chi connectivity index (χ2v) is 5.11. The quantitative estimate of drug-likeness (QED) is 0.682. The first-order valence-corrected chi connectivity index (χ1v) is 7.03. The van der Waals surface area contributed by atoms with E-state index >= 15 is 0 Å². The van der Waals surface area contributed by atoms with Gasteiger partial charge in [-0.15, -0.1) is 11.3 Å². The number of thiophene rings is 1. The Labute approximate surface area is 120 Å². The van der Waals surface area contributed by atoms with Crippen molar-refractivity contribution >= 4 is 39.2 Å². The molecule has 0 saturated carbocycles. The molecule has 0 aromatic carbocycles. The number of carbonyl (C=O) groups excluding carboxylic acids is 1. The molecule has 0 radical (unpaired) electrons. The zero-order chi connectivity index (χ0) is 14.5. The Kier molecular flexibility index (Phi) is 4.70. The molecule has 0 aliphatic rings. The van der Waals surface area contributed by atoms with Gasteiger partial charge in [-0.2, -0.15) is 4.98 Å². The first kappa shape index (κ1) is 14.5. The normalized spacial score (nSPS) is 12.3. The molecule has 1 atom stereocenters. The summed E-state index contributed by atoms with van der Waals surface area (Å²) in [6, 6.07) is 1.47. The third kappa shape index (κ3) is 3.34. The topological polar surface area (TPSA) is 102 Å². The minimum Gasteiger partial charge on any atom is -0.383 e. The standard InChI is InChI=1S/C12H17N5O2S/c1-7(10(18)14-4-5-19-2)15-9-8-3-6-20-11(8)17-12(13)16-9/h3,6-7H,4-5H2,1-2H3,(H,14,18)(H3,13,15,16,17). The average Bonchev–Trinajstić information content (AvgIpc) is 2.86. The number of nitrogens with zero attached hydrogens (tertiary/aromatic N) is 2. The third-order valence-electron chi connectivity index (χ3n) is 2.69. The predicted molar refractivity (Wildman–Crippen MR) is 79.8 cm³/mol. The van der Waals surface area contributed by atoms with Gasteiger partial charge in [-0.05, 0) is 18.4 Å². The lowest BCUT2D eigenvalue weighted by Gasteiger charge is -2.15. The van der Waals surface area contributed by atoms with Crippen molar-refractivity contribution in [1.29, 1.82) is 0 Å². The number of nitrogen functional groups attached to an aromatic ring is 1. The van der Waals surface area contributed by atoms with Gasteiger partial charge in [-0.3, -0.25) is 4.79 Å². The number of hydrogen-bond donors (Lipinski definition) is 3.